The van der Waals surface area contributed by atoms with E-state index in [9.17, 15) is 4.39 Å². The maximum absolute atomic E-state index is 15.0. The number of ether oxygens (including phenoxy) is 1. The summed E-state index contributed by atoms with van der Waals surface area (Å²) < 4.78 is 20.6. The number of hydrogen-bond donors (Lipinski definition) is 1. The summed E-state index contributed by atoms with van der Waals surface area (Å²) >= 11 is 0. The van der Waals surface area contributed by atoms with Gasteiger partial charge in [-0.2, -0.15) is 0 Å². The number of benzene rings is 2. The van der Waals surface area contributed by atoms with Gasteiger partial charge in [-0.05, 0) is 25.0 Å². The van der Waals surface area contributed by atoms with Gasteiger partial charge in [0.1, 0.15) is 6.17 Å². The fourth-order valence-electron chi connectivity index (χ4n) is 2.73. The van der Waals surface area contributed by atoms with Crippen molar-refractivity contribution >= 4 is 0 Å². The molecule has 0 spiro atoms. The Morgan fingerprint density at radius 1 is 0.960 bits per heavy atom. The molecule has 1 unspecified atom stereocenters. The first-order valence-electron chi connectivity index (χ1n) is 8.79. The molecule has 0 aliphatic heterocycles. The fraction of sp³-hybridized carbons (Fsp3) is 0.429. The maximum atomic E-state index is 15.0. The standard InChI is InChI=1S/C21H29FN2O/c1-21(2,25-14-13-23)20(22)17-24(15-18-9-5-3-6-10-18)16-19-11-7-4-8-12-19/h3-12,20H,13-17,23H2,1-2H3. The van der Waals surface area contributed by atoms with Gasteiger partial charge in [0.05, 0.1) is 12.2 Å². The van der Waals surface area contributed by atoms with Crippen molar-refractivity contribution < 1.29 is 9.13 Å². The van der Waals surface area contributed by atoms with Gasteiger partial charge in [0.25, 0.3) is 0 Å². The zero-order chi connectivity index (χ0) is 18.1. The Balaban J connectivity index is 2.07. The van der Waals surface area contributed by atoms with Crippen molar-refractivity contribution in [2.45, 2.75) is 38.7 Å². The lowest BCUT2D eigenvalue weighted by Crippen LogP contribution is -2.44. The van der Waals surface area contributed by atoms with Gasteiger partial charge in [0, 0.05) is 26.2 Å². The lowest BCUT2D eigenvalue weighted by atomic mass is 10.0. The maximum Gasteiger partial charge on any atom is 0.141 e. The van der Waals surface area contributed by atoms with E-state index in [4.69, 9.17) is 10.5 Å². The number of hydrogen-bond acceptors (Lipinski definition) is 3. The molecule has 2 aromatic carbocycles. The minimum atomic E-state index is -1.11. The van der Waals surface area contributed by atoms with Crippen molar-refractivity contribution in [3.63, 3.8) is 0 Å². The molecule has 2 N–H and O–H groups in total. The summed E-state index contributed by atoms with van der Waals surface area (Å²) in [4.78, 5) is 2.13. The quantitative estimate of drug-likeness (QED) is 0.713. The highest BCUT2D eigenvalue weighted by Gasteiger charge is 2.32. The first-order valence-corrected chi connectivity index (χ1v) is 8.79. The highest BCUT2D eigenvalue weighted by atomic mass is 19.1. The van der Waals surface area contributed by atoms with Crippen LogP contribution in [0, 0.1) is 0 Å². The van der Waals surface area contributed by atoms with E-state index in [-0.39, 0.29) is 0 Å². The molecule has 0 amide bonds. The summed E-state index contributed by atoms with van der Waals surface area (Å²) in [5.41, 5.74) is 6.97. The number of rotatable bonds is 10. The molecule has 3 nitrogen and oxygen atoms in total. The third kappa shape index (κ3) is 6.58. The smallest absolute Gasteiger partial charge is 0.141 e. The zero-order valence-corrected chi connectivity index (χ0v) is 15.2. The van der Waals surface area contributed by atoms with Crippen molar-refractivity contribution in [3.8, 4) is 0 Å². The average molecular weight is 344 g/mol. The van der Waals surface area contributed by atoms with E-state index in [0.717, 1.165) is 0 Å². The summed E-state index contributed by atoms with van der Waals surface area (Å²) in [6, 6.07) is 20.3. The Labute approximate surface area is 150 Å². The molecule has 0 radical (unpaired) electrons. The highest BCUT2D eigenvalue weighted by molar-refractivity contribution is 5.17. The van der Waals surface area contributed by atoms with Crippen molar-refractivity contribution in [2.75, 3.05) is 19.7 Å². The molecular weight excluding hydrogens is 315 g/mol. The van der Waals surface area contributed by atoms with Gasteiger partial charge in [-0.25, -0.2) is 4.39 Å². The number of nitrogens with two attached hydrogens (primary N) is 1. The summed E-state index contributed by atoms with van der Waals surface area (Å²) in [6.45, 7) is 6.04. The third-order valence-corrected chi connectivity index (χ3v) is 4.26. The number of nitrogens with zero attached hydrogens (tertiary/aromatic N) is 1. The number of alkyl halides is 1. The molecule has 2 aromatic rings. The van der Waals surface area contributed by atoms with Gasteiger partial charge in [0.15, 0.2) is 0 Å². The van der Waals surface area contributed by atoms with Crippen LogP contribution < -0.4 is 5.73 Å². The Bertz CT molecular complexity index is 562. The van der Waals surface area contributed by atoms with Gasteiger partial charge in [-0.1, -0.05) is 60.7 Å². The summed E-state index contributed by atoms with van der Waals surface area (Å²) in [5, 5.41) is 0. The minimum Gasteiger partial charge on any atom is -0.371 e. The van der Waals surface area contributed by atoms with Gasteiger partial charge < -0.3 is 10.5 Å². The summed E-state index contributed by atoms with van der Waals surface area (Å²) in [6.07, 6.45) is -1.11. The van der Waals surface area contributed by atoms with Crippen LogP contribution in [0.25, 0.3) is 0 Å². The molecule has 136 valence electrons. The van der Waals surface area contributed by atoms with Gasteiger partial charge in [-0.15, -0.1) is 0 Å². The molecule has 0 aliphatic rings. The molecule has 2 rings (SSSR count). The van der Waals surface area contributed by atoms with E-state index >= 15 is 0 Å². The molecule has 25 heavy (non-hydrogen) atoms. The van der Waals surface area contributed by atoms with Gasteiger partial charge in [-0.3, -0.25) is 4.90 Å². The molecule has 0 fully saturated rings. The van der Waals surface area contributed by atoms with E-state index in [1.807, 2.05) is 36.4 Å². The normalized spacial score (nSPS) is 13.2. The second-order valence-electron chi connectivity index (χ2n) is 6.85. The topological polar surface area (TPSA) is 38.5 Å². The van der Waals surface area contributed by atoms with Crippen molar-refractivity contribution in [3.05, 3.63) is 71.8 Å². The molecule has 0 heterocycles. The SMILES string of the molecule is CC(C)(OCCN)C(F)CN(Cc1ccccc1)Cc1ccccc1. The van der Waals surface area contributed by atoms with E-state index in [2.05, 4.69) is 29.2 Å². The van der Waals surface area contributed by atoms with Crippen LogP contribution in [0.3, 0.4) is 0 Å². The predicted molar refractivity (Wildman–Crippen MR) is 101 cm³/mol. The predicted octanol–water partition coefficient (Wildman–Crippen LogP) is 3.78. The first kappa shape index (κ1) is 19.6. The van der Waals surface area contributed by atoms with Crippen LogP contribution in [-0.2, 0) is 17.8 Å². The van der Waals surface area contributed by atoms with Crippen molar-refractivity contribution in [2.24, 2.45) is 5.73 Å². The lowest BCUT2D eigenvalue weighted by Gasteiger charge is -2.33. The largest absolute Gasteiger partial charge is 0.371 e. The first-order chi connectivity index (χ1) is 12.0. The van der Waals surface area contributed by atoms with Gasteiger partial charge >= 0.3 is 0 Å². The Hall–Kier alpha value is -1.75. The molecule has 4 heteroatoms. The Morgan fingerprint density at radius 3 is 1.88 bits per heavy atom. The van der Waals surface area contributed by atoms with Crippen LogP contribution in [0.15, 0.2) is 60.7 Å². The van der Waals surface area contributed by atoms with Crippen LogP contribution >= 0.6 is 0 Å². The van der Waals surface area contributed by atoms with Crippen molar-refractivity contribution in [1.29, 1.82) is 0 Å². The third-order valence-electron chi connectivity index (χ3n) is 4.26. The molecule has 0 saturated carbocycles. The second kappa shape index (κ2) is 9.66. The molecule has 0 bridgehead atoms. The molecule has 0 saturated heterocycles. The second-order valence-corrected chi connectivity index (χ2v) is 6.85. The van der Waals surface area contributed by atoms with Crippen LogP contribution in [0.4, 0.5) is 4.39 Å². The molecule has 0 aliphatic carbocycles. The fourth-order valence-corrected chi connectivity index (χ4v) is 2.73. The van der Waals surface area contributed by atoms with E-state index in [0.29, 0.717) is 32.8 Å². The lowest BCUT2D eigenvalue weighted by molar-refractivity contribution is -0.0773. The Kier molecular flexibility index (Phi) is 7.56. The Morgan fingerprint density at radius 2 is 1.44 bits per heavy atom. The van der Waals surface area contributed by atoms with E-state index < -0.39 is 11.8 Å². The van der Waals surface area contributed by atoms with E-state index in [1.54, 1.807) is 13.8 Å². The summed E-state index contributed by atoms with van der Waals surface area (Å²) in [7, 11) is 0. The zero-order valence-electron chi connectivity index (χ0n) is 15.2. The molecular formula is C21H29FN2O. The highest BCUT2D eigenvalue weighted by Crippen LogP contribution is 2.21. The van der Waals surface area contributed by atoms with Crippen LogP contribution in [0.1, 0.15) is 25.0 Å². The van der Waals surface area contributed by atoms with Crippen LogP contribution in [-0.4, -0.2) is 36.4 Å². The summed E-state index contributed by atoms with van der Waals surface area (Å²) in [5.74, 6) is 0. The average Bonchev–Trinajstić information content (AvgIpc) is 2.61. The minimum absolute atomic E-state index is 0.307. The molecule has 1 atom stereocenters. The van der Waals surface area contributed by atoms with Crippen LogP contribution in [0.5, 0.6) is 0 Å². The molecule has 0 aromatic heterocycles. The van der Waals surface area contributed by atoms with Crippen molar-refractivity contribution in [1.82, 2.24) is 4.90 Å². The van der Waals surface area contributed by atoms with Crippen LogP contribution in [0.2, 0.25) is 0 Å². The number of halogens is 1. The van der Waals surface area contributed by atoms with E-state index in [1.165, 1.54) is 11.1 Å². The van der Waals surface area contributed by atoms with Gasteiger partial charge in [0.2, 0.25) is 0 Å². The monoisotopic (exact) mass is 344 g/mol.